The summed E-state index contributed by atoms with van der Waals surface area (Å²) in [4.78, 5) is 0. The number of benzene rings is 2. The number of hydrogen-bond acceptors (Lipinski definition) is 4. The number of alkyl halides is 3. The van der Waals surface area contributed by atoms with Crippen molar-refractivity contribution >= 4 is 11.6 Å². The normalized spacial score (nSPS) is 11.6. The molecule has 0 saturated heterocycles. The highest BCUT2D eigenvalue weighted by Gasteiger charge is 2.32. The molecule has 0 radical (unpaired) electrons. The van der Waals surface area contributed by atoms with Gasteiger partial charge in [0.1, 0.15) is 17.2 Å². The van der Waals surface area contributed by atoms with E-state index in [1.54, 1.807) is 18.2 Å². The van der Waals surface area contributed by atoms with E-state index in [1.807, 2.05) is 0 Å². The van der Waals surface area contributed by atoms with Crippen LogP contribution in [0.25, 0.3) is 11.3 Å². The number of aromatic nitrogens is 3. The first-order valence-electron chi connectivity index (χ1n) is 7.13. The quantitative estimate of drug-likeness (QED) is 0.715. The molecule has 9 heteroatoms. The second-order valence-corrected chi connectivity index (χ2v) is 5.58. The highest BCUT2D eigenvalue weighted by molar-refractivity contribution is 6.30. The molecule has 0 bridgehead atoms. The fourth-order valence-electron chi connectivity index (χ4n) is 2.25. The van der Waals surface area contributed by atoms with Crippen LogP contribution in [-0.4, -0.2) is 15.4 Å². The van der Waals surface area contributed by atoms with E-state index in [4.69, 9.17) is 22.1 Å². The van der Waals surface area contributed by atoms with E-state index in [2.05, 4.69) is 15.4 Å². The van der Waals surface area contributed by atoms with Gasteiger partial charge in [0.25, 0.3) is 0 Å². The van der Waals surface area contributed by atoms with Gasteiger partial charge in [-0.05, 0) is 36.4 Å². The van der Waals surface area contributed by atoms with Gasteiger partial charge in [-0.3, -0.25) is 5.10 Å². The molecule has 2 aromatic carbocycles. The van der Waals surface area contributed by atoms with Crippen molar-refractivity contribution in [1.82, 2.24) is 15.4 Å². The molecule has 25 heavy (non-hydrogen) atoms. The van der Waals surface area contributed by atoms with Crippen LogP contribution < -0.4 is 10.5 Å². The summed E-state index contributed by atoms with van der Waals surface area (Å²) in [6.45, 7) is 0.0586. The fraction of sp³-hybridized carbons (Fsp3) is 0.125. The van der Waals surface area contributed by atoms with Gasteiger partial charge in [0.15, 0.2) is 0 Å². The molecule has 0 fully saturated rings. The van der Waals surface area contributed by atoms with Gasteiger partial charge in [0.05, 0.1) is 11.3 Å². The lowest BCUT2D eigenvalue weighted by Gasteiger charge is -2.13. The first-order chi connectivity index (χ1) is 11.9. The summed E-state index contributed by atoms with van der Waals surface area (Å²) in [5, 5.41) is 10.4. The van der Waals surface area contributed by atoms with Crippen molar-refractivity contribution in [2.24, 2.45) is 5.73 Å². The van der Waals surface area contributed by atoms with Crippen LogP contribution in [0.1, 0.15) is 11.3 Å². The van der Waals surface area contributed by atoms with Crippen LogP contribution in [0.4, 0.5) is 13.2 Å². The number of aromatic amines is 1. The van der Waals surface area contributed by atoms with E-state index in [9.17, 15) is 13.2 Å². The van der Waals surface area contributed by atoms with Crippen LogP contribution in [-0.2, 0) is 12.7 Å². The molecule has 130 valence electrons. The smallest absolute Gasteiger partial charge is 0.416 e. The summed E-state index contributed by atoms with van der Waals surface area (Å²) < 4.78 is 45.2. The minimum atomic E-state index is -4.55. The van der Waals surface area contributed by atoms with E-state index in [0.717, 1.165) is 12.1 Å². The molecular weight excluding hydrogens is 357 g/mol. The number of halogens is 4. The Kier molecular flexibility index (Phi) is 4.65. The number of H-pyrrole nitrogens is 1. The van der Waals surface area contributed by atoms with Crippen LogP contribution in [0.5, 0.6) is 11.5 Å². The van der Waals surface area contributed by atoms with Crippen molar-refractivity contribution in [3.8, 4) is 22.8 Å². The Morgan fingerprint density at radius 1 is 1.12 bits per heavy atom. The summed E-state index contributed by atoms with van der Waals surface area (Å²) in [5.74, 6) is 0.315. The van der Waals surface area contributed by atoms with Gasteiger partial charge >= 0.3 is 6.18 Å². The molecule has 3 aromatic rings. The standard InChI is InChI=1S/C16H12ClF3N4O/c17-11-2-1-3-12(7-11)25-13-5-9(4-10(6-13)16(18,19)20)15-14(8-21)22-24-23-15/h1-7H,8,21H2,(H,22,23,24). The predicted molar refractivity (Wildman–Crippen MR) is 86.2 cm³/mol. The Morgan fingerprint density at radius 3 is 2.60 bits per heavy atom. The molecular formula is C16H12ClF3N4O. The Labute approximate surface area is 145 Å². The maximum Gasteiger partial charge on any atom is 0.416 e. The molecule has 0 saturated carbocycles. The van der Waals surface area contributed by atoms with Crippen molar-refractivity contribution in [2.75, 3.05) is 0 Å². The molecule has 0 atom stereocenters. The van der Waals surface area contributed by atoms with Crippen molar-refractivity contribution in [3.05, 3.63) is 58.7 Å². The van der Waals surface area contributed by atoms with Crippen LogP contribution in [0.3, 0.4) is 0 Å². The largest absolute Gasteiger partial charge is 0.457 e. The average Bonchev–Trinajstić information content (AvgIpc) is 3.02. The molecule has 5 nitrogen and oxygen atoms in total. The Bertz CT molecular complexity index is 895. The molecule has 0 aliphatic heterocycles. The van der Waals surface area contributed by atoms with Crippen molar-refractivity contribution in [1.29, 1.82) is 0 Å². The highest BCUT2D eigenvalue weighted by Crippen LogP contribution is 2.37. The Morgan fingerprint density at radius 2 is 1.92 bits per heavy atom. The second-order valence-electron chi connectivity index (χ2n) is 5.15. The fourth-order valence-corrected chi connectivity index (χ4v) is 2.43. The molecule has 1 aromatic heterocycles. The summed E-state index contributed by atoms with van der Waals surface area (Å²) in [7, 11) is 0. The lowest BCUT2D eigenvalue weighted by molar-refractivity contribution is -0.137. The number of ether oxygens (including phenoxy) is 1. The molecule has 3 N–H and O–H groups in total. The molecule has 3 rings (SSSR count). The number of rotatable bonds is 4. The minimum absolute atomic E-state index is 0.00179. The number of hydrogen-bond donors (Lipinski definition) is 2. The maximum absolute atomic E-state index is 13.2. The van der Waals surface area contributed by atoms with Crippen molar-refractivity contribution < 1.29 is 17.9 Å². The molecule has 1 heterocycles. The summed E-state index contributed by atoms with van der Waals surface area (Å²) in [5.41, 5.74) is 5.55. The summed E-state index contributed by atoms with van der Waals surface area (Å²) in [6, 6.07) is 9.68. The van der Waals surface area contributed by atoms with E-state index in [1.165, 1.54) is 12.1 Å². The third-order valence-corrected chi connectivity index (χ3v) is 3.60. The summed E-state index contributed by atoms with van der Waals surface area (Å²) >= 11 is 5.87. The zero-order valence-electron chi connectivity index (χ0n) is 12.6. The van der Waals surface area contributed by atoms with Gasteiger partial charge in [-0.1, -0.05) is 22.9 Å². The van der Waals surface area contributed by atoms with E-state index < -0.39 is 11.7 Å². The monoisotopic (exact) mass is 368 g/mol. The van der Waals surface area contributed by atoms with Crippen LogP contribution >= 0.6 is 11.6 Å². The van der Waals surface area contributed by atoms with Gasteiger partial charge < -0.3 is 10.5 Å². The number of nitrogens with two attached hydrogens (primary N) is 1. The Hall–Kier alpha value is -2.58. The van der Waals surface area contributed by atoms with E-state index >= 15 is 0 Å². The van der Waals surface area contributed by atoms with Gasteiger partial charge in [-0.25, -0.2) is 0 Å². The predicted octanol–water partition coefficient (Wildman–Crippen LogP) is 4.39. The lowest BCUT2D eigenvalue weighted by Crippen LogP contribution is -2.06. The topological polar surface area (TPSA) is 76.8 Å². The Balaban J connectivity index is 2.07. The number of nitrogens with one attached hydrogen (secondary N) is 1. The van der Waals surface area contributed by atoms with Crippen LogP contribution in [0.2, 0.25) is 5.02 Å². The first-order valence-corrected chi connectivity index (χ1v) is 7.50. The first kappa shape index (κ1) is 17.2. The lowest BCUT2D eigenvalue weighted by atomic mass is 10.1. The zero-order valence-corrected chi connectivity index (χ0v) is 13.4. The molecule has 0 amide bonds. The highest BCUT2D eigenvalue weighted by atomic mass is 35.5. The van der Waals surface area contributed by atoms with Gasteiger partial charge in [0.2, 0.25) is 0 Å². The van der Waals surface area contributed by atoms with E-state index in [0.29, 0.717) is 16.5 Å². The molecule has 0 aliphatic rings. The van der Waals surface area contributed by atoms with Gasteiger partial charge in [0, 0.05) is 17.1 Å². The minimum Gasteiger partial charge on any atom is -0.457 e. The number of nitrogens with zero attached hydrogens (tertiary/aromatic N) is 2. The van der Waals surface area contributed by atoms with Crippen LogP contribution in [0, 0.1) is 0 Å². The molecule has 0 aliphatic carbocycles. The molecule has 0 spiro atoms. The van der Waals surface area contributed by atoms with Crippen LogP contribution in [0.15, 0.2) is 42.5 Å². The average molecular weight is 369 g/mol. The van der Waals surface area contributed by atoms with Crippen molar-refractivity contribution in [2.45, 2.75) is 12.7 Å². The SMILES string of the molecule is NCc1[nH]nnc1-c1cc(Oc2cccc(Cl)c2)cc(C(F)(F)F)c1. The van der Waals surface area contributed by atoms with Crippen molar-refractivity contribution in [3.63, 3.8) is 0 Å². The van der Waals surface area contributed by atoms with Gasteiger partial charge in [-0.2, -0.15) is 13.2 Å². The third kappa shape index (κ3) is 3.92. The molecule has 0 unspecified atom stereocenters. The summed E-state index contributed by atoms with van der Waals surface area (Å²) in [6.07, 6.45) is -4.55. The third-order valence-electron chi connectivity index (χ3n) is 3.36. The van der Waals surface area contributed by atoms with Gasteiger partial charge in [-0.15, -0.1) is 5.10 Å². The van der Waals surface area contributed by atoms with E-state index in [-0.39, 0.29) is 23.6 Å². The second kappa shape index (κ2) is 6.73. The zero-order chi connectivity index (χ0) is 18.0. The maximum atomic E-state index is 13.2.